The predicted octanol–water partition coefficient (Wildman–Crippen LogP) is 1.86. The number of hydrogen-bond acceptors (Lipinski definition) is 4. The van der Waals surface area contributed by atoms with E-state index < -0.39 is 0 Å². The minimum absolute atomic E-state index is 0.0662. The van der Waals surface area contributed by atoms with Gasteiger partial charge in [-0.15, -0.1) is 0 Å². The van der Waals surface area contributed by atoms with Crippen LogP contribution in [-0.4, -0.2) is 27.3 Å². The first kappa shape index (κ1) is 15.0. The van der Waals surface area contributed by atoms with Gasteiger partial charge in [0.25, 0.3) is 5.56 Å². The minimum atomic E-state index is -0.0662. The molecule has 0 aliphatic heterocycles. The summed E-state index contributed by atoms with van der Waals surface area (Å²) in [5.41, 5.74) is -0.0662. The molecule has 0 saturated heterocycles. The van der Waals surface area contributed by atoms with Gasteiger partial charge in [0.05, 0.1) is 0 Å². The predicted molar refractivity (Wildman–Crippen MR) is 79.8 cm³/mol. The van der Waals surface area contributed by atoms with Gasteiger partial charge in [-0.25, -0.2) is 4.98 Å². The maximum absolute atomic E-state index is 12.3. The molecule has 1 aliphatic rings. The van der Waals surface area contributed by atoms with Gasteiger partial charge in [0.1, 0.15) is 0 Å². The summed E-state index contributed by atoms with van der Waals surface area (Å²) in [6.45, 7) is 5.04. The third kappa shape index (κ3) is 3.60. The van der Waals surface area contributed by atoms with Crippen molar-refractivity contribution in [2.24, 2.45) is 11.8 Å². The molecule has 5 nitrogen and oxygen atoms in total. The van der Waals surface area contributed by atoms with E-state index in [1.807, 2.05) is 0 Å². The summed E-state index contributed by atoms with van der Waals surface area (Å²) in [5, 5.41) is 12.7. The molecule has 0 aromatic carbocycles. The van der Waals surface area contributed by atoms with Crippen LogP contribution in [0.4, 0.5) is 5.82 Å². The van der Waals surface area contributed by atoms with E-state index in [0.717, 1.165) is 25.7 Å². The molecular formula is C15H25N3O2. The molecule has 1 aromatic rings. The highest BCUT2D eigenvalue weighted by Crippen LogP contribution is 2.25. The van der Waals surface area contributed by atoms with Gasteiger partial charge in [0.2, 0.25) is 0 Å². The van der Waals surface area contributed by atoms with Gasteiger partial charge >= 0.3 is 0 Å². The second kappa shape index (κ2) is 6.88. The Bertz CT molecular complexity index is 484. The van der Waals surface area contributed by atoms with Crippen molar-refractivity contribution in [2.45, 2.75) is 52.1 Å². The van der Waals surface area contributed by atoms with E-state index in [9.17, 15) is 9.90 Å². The number of rotatable bonds is 5. The summed E-state index contributed by atoms with van der Waals surface area (Å²) >= 11 is 0. The van der Waals surface area contributed by atoms with Gasteiger partial charge < -0.3 is 15.0 Å². The van der Waals surface area contributed by atoms with Gasteiger partial charge in [-0.2, -0.15) is 0 Å². The first-order valence-electron chi connectivity index (χ1n) is 7.54. The second-order valence-corrected chi connectivity index (χ2v) is 6.11. The van der Waals surface area contributed by atoms with Crippen LogP contribution in [0, 0.1) is 11.8 Å². The molecule has 0 bridgehead atoms. The van der Waals surface area contributed by atoms with Crippen LogP contribution in [0.2, 0.25) is 0 Å². The van der Waals surface area contributed by atoms with Crippen LogP contribution in [0.15, 0.2) is 17.2 Å². The number of anilines is 1. The largest absolute Gasteiger partial charge is 0.396 e. The number of aliphatic hydroxyl groups excluding tert-OH is 1. The van der Waals surface area contributed by atoms with E-state index in [2.05, 4.69) is 24.1 Å². The van der Waals surface area contributed by atoms with Crippen molar-refractivity contribution in [3.8, 4) is 0 Å². The lowest BCUT2D eigenvalue weighted by Crippen LogP contribution is -2.37. The molecule has 1 saturated carbocycles. The van der Waals surface area contributed by atoms with Crippen LogP contribution in [-0.2, 0) is 6.54 Å². The van der Waals surface area contributed by atoms with E-state index in [1.54, 1.807) is 17.0 Å². The normalized spacial score (nSPS) is 23.0. The van der Waals surface area contributed by atoms with Crippen LogP contribution >= 0.6 is 0 Å². The molecule has 0 spiro atoms. The fourth-order valence-electron chi connectivity index (χ4n) is 2.88. The van der Waals surface area contributed by atoms with Crippen molar-refractivity contribution < 1.29 is 5.11 Å². The molecule has 2 N–H and O–H groups in total. The summed E-state index contributed by atoms with van der Waals surface area (Å²) in [6, 6.07) is 0.156. The van der Waals surface area contributed by atoms with Gasteiger partial charge in [-0.3, -0.25) is 4.79 Å². The van der Waals surface area contributed by atoms with E-state index in [0.29, 0.717) is 18.3 Å². The lowest BCUT2D eigenvalue weighted by Gasteiger charge is -2.31. The van der Waals surface area contributed by atoms with E-state index in [1.165, 1.54) is 0 Å². The summed E-state index contributed by atoms with van der Waals surface area (Å²) in [6.07, 6.45) is 7.71. The molecule has 1 heterocycles. The number of aliphatic hydroxyl groups is 1. The van der Waals surface area contributed by atoms with Crippen molar-refractivity contribution in [3.05, 3.63) is 22.7 Å². The second-order valence-electron chi connectivity index (χ2n) is 6.11. The summed E-state index contributed by atoms with van der Waals surface area (Å²) < 4.78 is 1.71. The summed E-state index contributed by atoms with van der Waals surface area (Å²) in [7, 11) is 0. The molecule has 2 unspecified atom stereocenters. The summed E-state index contributed by atoms with van der Waals surface area (Å²) in [5.74, 6) is 1.06. The Balaban J connectivity index is 2.14. The minimum Gasteiger partial charge on any atom is -0.396 e. The zero-order valence-corrected chi connectivity index (χ0v) is 12.4. The molecule has 112 valence electrons. The van der Waals surface area contributed by atoms with E-state index >= 15 is 0 Å². The molecule has 0 radical (unpaired) electrons. The molecule has 5 heteroatoms. The molecule has 2 rings (SSSR count). The van der Waals surface area contributed by atoms with E-state index in [-0.39, 0.29) is 24.1 Å². The third-order valence-corrected chi connectivity index (χ3v) is 3.94. The quantitative estimate of drug-likeness (QED) is 0.863. The molecule has 2 atom stereocenters. The Morgan fingerprint density at radius 3 is 2.90 bits per heavy atom. The van der Waals surface area contributed by atoms with Crippen LogP contribution in [0.5, 0.6) is 0 Å². The van der Waals surface area contributed by atoms with Crippen molar-refractivity contribution in [2.75, 3.05) is 11.9 Å². The molecule has 20 heavy (non-hydrogen) atoms. The standard InChI is InChI=1S/C15H25N3O2/c1-11(2)9-18-8-7-16-14(15(18)20)17-13-6-4-3-5-12(13)10-19/h7-8,11-13,19H,3-6,9-10H2,1-2H3,(H,16,17). The average molecular weight is 279 g/mol. The number of nitrogens with zero attached hydrogens (tertiary/aromatic N) is 2. The Hall–Kier alpha value is -1.36. The monoisotopic (exact) mass is 279 g/mol. The average Bonchev–Trinajstić information content (AvgIpc) is 2.43. The van der Waals surface area contributed by atoms with Gasteiger partial charge in [0, 0.05) is 37.5 Å². The van der Waals surface area contributed by atoms with Gasteiger partial charge in [0.15, 0.2) is 5.82 Å². The number of hydrogen-bond donors (Lipinski definition) is 2. The molecule has 1 fully saturated rings. The topological polar surface area (TPSA) is 67.2 Å². The maximum atomic E-state index is 12.3. The number of aromatic nitrogens is 2. The Morgan fingerprint density at radius 1 is 1.45 bits per heavy atom. The van der Waals surface area contributed by atoms with Crippen LogP contribution in [0.25, 0.3) is 0 Å². The fourth-order valence-corrected chi connectivity index (χ4v) is 2.88. The Labute approximate surface area is 120 Å². The fraction of sp³-hybridized carbons (Fsp3) is 0.733. The summed E-state index contributed by atoms with van der Waals surface area (Å²) in [4.78, 5) is 16.5. The van der Waals surface area contributed by atoms with Crippen molar-refractivity contribution in [3.63, 3.8) is 0 Å². The molecular weight excluding hydrogens is 254 g/mol. The van der Waals surface area contributed by atoms with Crippen molar-refractivity contribution >= 4 is 5.82 Å². The van der Waals surface area contributed by atoms with Crippen LogP contribution in [0.1, 0.15) is 39.5 Å². The van der Waals surface area contributed by atoms with Gasteiger partial charge in [-0.1, -0.05) is 26.7 Å². The van der Waals surface area contributed by atoms with E-state index in [4.69, 9.17) is 0 Å². The smallest absolute Gasteiger partial charge is 0.293 e. The maximum Gasteiger partial charge on any atom is 0.293 e. The first-order valence-corrected chi connectivity index (χ1v) is 7.54. The first-order chi connectivity index (χ1) is 9.61. The Morgan fingerprint density at radius 2 is 2.20 bits per heavy atom. The van der Waals surface area contributed by atoms with Gasteiger partial charge in [-0.05, 0) is 18.8 Å². The Kier molecular flexibility index (Phi) is 5.17. The SMILES string of the molecule is CC(C)Cn1ccnc(NC2CCCCC2CO)c1=O. The molecule has 1 aliphatic carbocycles. The molecule has 1 aromatic heterocycles. The lowest BCUT2D eigenvalue weighted by atomic mass is 9.85. The van der Waals surface area contributed by atoms with Crippen molar-refractivity contribution in [1.82, 2.24) is 9.55 Å². The zero-order valence-electron chi connectivity index (χ0n) is 12.4. The highest BCUT2D eigenvalue weighted by Gasteiger charge is 2.25. The zero-order chi connectivity index (χ0) is 14.5. The lowest BCUT2D eigenvalue weighted by molar-refractivity contribution is 0.178. The third-order valence-electron chi connectivity index (χ3n) is 3.94. The number of nitrogens with one attached hydrogen (secondary N) is 1. The highest BCUT2D eigenvalue weighted by atomic mass is 16.3. The molecule has 0 amide bonds. The highest BCUT2D eigenvalue weighted by molar-refractivity contribution is 5.32. The van der Waals surface area contributed by atoms with Crippen LogP contribution < -0.4 is 10.9 Å². The van der Waals surface area contributed by atoms with Crippen molar-refractivity contribution in [1.29, 1.82) is 0 Å². The van der Waals surface area contributed by atoms with Crippen LogP contribution in [0.3, 0.4) is 0 Å².